The molecule has 0 aliphatic rings. The summed E-state index contributed by atoms with van der Waals surface area (Å²) in [5, 5.41) is 0. The molecule has 0 N–H and O–H groups in total. The van der Waals surface area contributed by atoms with Crippen molar-refractivity contribution in [1.82, 2.24) is 0 Å². The summed E-state index contributed by atoms with van der Waals surface area (Å²) in [5.41, 5.74) is 2.12. The lowest BCUT2D eigenvalue weighted by Crippen LogP contribution is -1.93. The SMILES string of the molecule is C/C=C/N=C(C)c1ccc(OC)cc1. The van der Waals surface area contributed by atoms with Crippen LogP contribution in [-0.2, 0) is 0 Å². The van der Waals surface area contributed by atoms with Crippen LogP contribution in [0.1, 0.15) is 19.4 Å². The summed E-state index contributed by atoms with van der Waals surface area (Å²) < 4.78 is 5.08. The van der Waals surface area contributed by atoms with E-state index in [0.717, 1.165) is 17.0 Å². The van der Waals surface area contributed by atoms with E-state index in [2.05, 4.69) is 4.99 Å². The highest BCUT2D eigenvalue weighted by Crippen LogP contribution is 2.11. The molecule has 0 aromatic heterocycles. The van der Waals surface area contributed by atoms with E-state index in [1.54, 1.807) is 13.3 Å². The molecule has 2 heteroatoms. The number of hydrogen-bond acceptors (Lipinski definition) is 2. The number of methoxy groups -OCH3 is 1. The van der Waals surface area contributed by atoms with Crippen molar-refractivity contribution < 1.29 is 4.74 Å². The van der Waals surface area contributed by atoms with Gasteiger partial charge in [0, 0.05) is 11.9 Å². The van der Waals surface area contributed by atoms with Gasteiger partial charge in [-0.15, -0.1) is 0 Å². The summed E-state index contributed by atoms with van der Waals surface area (Å²) in [6.45, 7) is 3.94. The molecule has 1 aromatic carbocycles. The number of hydrogen-bond donors (Lipinski definition) is 0. The molecule has 2 nitrogen and oxygen atoms in total. The van der Waals surface area contributed by atoms with Crippen LogP contribution in [0.2, 0.25) is 0 Å². The molecule has 0 saturated carbocycles. The minimum absolute atomic E-state index is 0.868. The molecule has 0 atom stereocenters. The smallest absolute Gasteiger partial charge is 0.118 e. The molecule has 74 valence electrons. The number of ether oxygens (including phenoxy) is 1. The molecule has 0 bridgehead atoms. The Morgan fingerprint density at radius 1 is 1.29 bits per heavy atom. The summed E-state index contributed by atoms with van der Waals surface area (Å²) in [4.78, 5) is 4.26. The summed E-state index contributed by atoms with van der Waals surface area (Å²) in [6, 6.07) is 7.87. The van der Waals surface area contributed by atoms with Gasteiger partial charge in [0.15, 0.2) is 0 Å². The first-order valence-corrected chi connectivity index (χ1v) is 4.58. The van der Waals surface area contributed by atoms with Gasteiger partial charge in [-0.25, -0.2) is 0 Å². The average molecular weight is 189 g/mol. The minimum atomic E-state index is 0.868. The van der Waals surface area contributed by atoms with Gasteiger partial charge in [0.05, 0.1) is 7.11 Å². The maximum Gasteiger partial charge on any atom is 0.118 e. The molecule has 0 heterocycles. The topological polar surface area (TPSA) is 21.6 Å². The molecular formula is C12H15NO. The predicted octanol–water partition coefficient (Wildman–Crippen LogP) is 3.04. The number of aliphatic imine (C=N–C) groups is 1. The first-order valence-electron chi connectivity index (χ1n) is 4.58. The zero-order chi connectivity index (χ0) is 10.4. The standard InChI is InChI=1S/C12H15NO/c1-4-9-13-10(2)11-5-7-12(14-3)8-6-11/h4-9H,1-3H3/b9-4+,13-10?. The van der Waals surface area contributed by atoms with E-state index in [1.165, 1.54) is 0 Å². The Labute approximate surface area is 84.9 Å². The lowest BCUT2D eigenvalue weighted by molar-refractivity contribution is 0.415. The summed E-state index contributed by atoms with van der Waals surface area (Å²) >= 11 is 0. The summed E-state index contributed by atoms with van der Waals surface area (Å²) in [5.74, 6) is 0.868. The van der Waals surface area contributed by atoms with Crippen molar-refractivity contribution in [3.8, 4) is 5.75 Å². The summed E-state index contributed by atoms with van der Waals surface area (Å²) in [6.07, 6.45) is 3.70. The first-order chi connectivity index (χ1) is 6.77. The van der Waals surface area contributed by atoms with Crippen LogP contribution in [-0.4, -0.2) is 12.8 Å². The summed E-state index contributed by atoms with van der Waals surface area (Å²) in [7, 11) is 1.66. The Balaban J connectivity index is 2.86. The molecule has 0 saturated heterocycles. The molecule has 0 aliphatic heterocycles. The van der Waals surface area contributed by atoms with Crippen molar-refractivity contribution in [1.29, 1.82) is 0 Å². The van der Waals surface area contributed by atoms with Crippen molar-refractivity contribution in [2.24, 2.45) is 4.99 Å². The first kappa shape index (κ1) is 10.5. The lowest BCUT2D eigenvalue weighted by Gasteiger charge is -2.01. The third kappa shape index (κ3) is 2.73. The molecule has 0 spiro atoms. The van der Waals surface area contributed by atoms with Crippen LogP contribution in [0.4, 0.5) is 0 Å². The highest BCUT2D eigenvalue weighted by molar-refractivity contribution is 5.99. The van der Waals surface area contributed by atoms with Gasteiger partial charge in [-0.2, -0.15) is 0 Å². The maximum atomic E-state index is 5.08. The normalized spacial score (nSPS) is 12.1. The predicted molar refractivity (Wildman–Crippen MR) is 60.0 cm³/mol. The average Bonchev–Trinajstić information content (AvgIpc) is 2.26. The Hall–Kier alpha value is -1.57. The molecule has 0 amide bonds. The molecule has 14 heavy (non-hydrogen) atoms. The van der Waals surface area contributed by atoms with Crippen molar-refractivity contribution in [3.05, 3.63) is 42.1 Å². The molecule has 0 aliphatic carbocycles. The van der Waals surface area contributed by atoms with Gasteiger partial charge < -0.3 is 4.74 Å². The Kier molecular flexibility index (Phi) is 3.92. The monoisotopic (exact) mass is 189 g/mol. The molecule has 1 aromatic rings. The van der Waals surface area contributed by atoms with Gasteiger partial charge >= 0.3 is 0 Å². The molecule has 1 rings (SSSR count). The van der Waals surface area contributed by atoms with Gasteiger partial charge in [0.1, 0.15) is 5.75 Å². The van der Waals surface area contributed by atoms with Crippen LogP contribution in [0.15, 0.2) is 41.5 Å². The second-order valence-electron chi connectivity index (χ2n) is 2.93. The van der Waals surface area contributed by atoms with Crippen LogP contribution >= 0.6 is 0 Å². The van der Waals surface area contributed by atoms with Gasteiger partial charge in [-0.1, -0.05) is 6.08 Å². The van der Waals surface area contributed by atoms with Gasteiger partial charge in [-0.3, -0.25) is 4.99 Å². The lowest BCUT2D eigenvalue weighted by atomic mass is 10.1. The zero-order valence-corrected chi connectivity index (χ0v) is 8.82. The molecule has 0 unspecified atom stereocenters. The van der Waals surface area contributed by atoms with Crippen molar-refractivity contribution >= 4 is 5.71 Å². The number of benzene rings is 1. The van der Waals surface area contributed by atoms with E-state index in [0.29, 0.717) is 0 Å². The van der Waals surface area contributed by atoms with Crippen LogP contribution in [0, 0.1) is 0 Å². The van der Waals surface area contributed by atoms with Crippen molar-refractivity contribution in [2.45, 2.75) is 13.8 Å². The zero-order valence-electron chi connectivity index (χ0n) is 8.82. The Bertz CT molecular complexity index is 336. The van der Waals surface area contributed by atoms with Gasteiger partial charge in [0.25, 0.3) is 0 Å². The van der Waals surface area contributed by atoms with Crippen LogP contribution < -0.4 is 4.74 Å². The third-order valence-corrected chi connectivity index (χ3v) is 1.93. The van der Waals surface area contributed by atoms with Crippen molar-refractivity contribution in [3.63, 3.8) is 0 Å². The molecule has 0 fully saturated rings. The van der Waals surface area contributed by atoms with Gasteiger partial charge in [0.2, 0.25) is 0 Å². The van der Waals surface area contributed by atoms with Crippen molar-refractivity contribution in [2.75, 3.05) is 7.11 Å². The largest absolute Gasteiger partial charge is 0.497 e. The Morgan fingerprint density at radius 3 is 2.43 bits per heavy atom. The van der Waals surface area contributed by atoms with Crippen LogP contribution in [0.5, 0.6) is 5.75 Å². The van der Waals surface area contributed by atoms with E-state index >= 15 is 0 Å². The van der Waals surface area contributed by atoms with Gasteiger partial charge in [-0.05, 0) is 43.7 Å². The fraction of sp³-hybridized carbons (Fsp3) is 0.250. The number of nitrogens with zero attached hydrogens (tertiary/aromatic N) is 1. The van der Waals surface area contributed by atoms with E-state index in [-0.39, 0.29) is 0 Å². The van der Waals surface area contributed by atoms with E-state index < -0.39 is 0 Å². The van der Waals surface area contributed by atoms with E-state index in [4.69, 9.17) is 4.74 Å². The minimum Gasteiger partial charge on any atom is -0.497 e. The number of allylic oxidation sites excluding steroid dienone is 1. The highest BCUT2D eigenvalue weighted by atomic mass is 16.5. The second kappa shape index (κ2) is 5.22. The Morgan fingerprint density at radius 2 is 1.93 bits per heavy atom. The maximum absolute atomic E-state index is 5.08. The van der Waals surface area contributed by atoms with E-state index in [1.807, 2.05) is 44.2 Å². The third-order valence-electron chi connectivity index (χ3n) is 1.93. The fourth-order valence-electron chi connectivity index (χ4n) is 1.09. The molecular weight excluding hydrogens is 174 g/mol. The van der Waals surface area contributed by atoms with Crippen LogP contribution in [0.3, 0.4) is 0 Å². The molecule has 0 radical (unpaired) electrons. The van der Waals surface area contributed by atoms with Crippen LogP contribution in [0.25, 0.3) is 0 Å². The fourth-order valence-corrected chi connectivity index (χ4v) is 1.09. The second-order valence-corrected chi connectivity index (χ2v) is 2.93. The highest BCUT2D eigenvalue weighted by Gasteiger charge is 1.96. The quantitative estimate of drug-likeness (QED) is 0.670. The number of rotatable bonds is 3. The van der Waals surface area contributed by atoms with E-state index in [9.17, 15) is 0 Å².